The molecule has 0 aliphatic heterocycles. The van der Waals surface area contributed by atoms with Gasteiger partial charge >= 0.3 is 0 Å². The van der Waals surface area contributed by atoms with Crippen molar-refractivity contribution in [2.24, 2.45) is 0 Å². The molecule has 1 aromatic rings. The first-order chi connectivity index (χ1) is 8.33. The summed E-state index contributed by atoms with van der Waals surface area (Å²) in [6.45, 7) is 4.30. The second-order valence-corrected chi connectivity index (χ2v) is 3.83. The van der Waals surface area contributed by atoms with Gasteiger partial charge in [0, 0.05) is 32.5 Å². The molecule has 0 radical (unpaired) electrons. The Morgan fingerprint density at radius 1 is 1.29 bits per heavy atom. The number of rotatable bonds is 9. The van der Waals surface area contributed by atoms with Crippen molar-refractivity contribution in [2.75, 3.05) is 33.4 Å². The molecule has 0 atom stereocenters. The molecule has 0 unspecified atom stereocenters. The van der Waals surface area contributed by atoms with Crippen LogP contribution in [0.3, 0.4) is 0 Å². The first-order valence-corrected chi connectivity index (χ1v) is 5.91. The average Bonchev–Trinajstić information content (AvgIpc) is 2.33. The largest absolute Gasteiger partial charge is 0.383 e. The number of aromatic amines is 1. The predicted molar refractivity (Wildman–Crippen MR) is 68.1 cm³/mol. The van der Waals surface area contributed by atoms with Crippen LogP contribution >= 0.6 is 0 Å². The van der Waals surface area contributed by atoms with E-state index in [1.54, 1.807) is 19.4 Å². The highest BCUT2D eigenvalue weighted by atomic mass is 16.5. The Morgan fingerprint density at radius 3 is 2.88 bits per heavy atom. The fraction of sp³-hybridized carbons (Fsp3) is 0.583. The van der Waals surface area contributed by atoms with Crippen LogP contribution in [0, 0.1) is 0 Å². The molecular weight excluding hydrogens is 218 g/mol. The number of methoxy groups -OCH3 is 1. The number of ether oxygens (including phenoxy) is 1. The Morgan fingerprint density at radius 2 is 2.12 bits per heavy atom. The monoisotopic (exact) mass is 239 g/mol. The fourth-order valence-corrected chi connectivity index (χ4v) is 1.47. The van der Waals surface area contributed by atoms with Gasteiger partial charge in [-0.1, -0.05) is 0 Å². The van der Waals surface area contributed by atoms with Crippen molar-refractivity contribution in [3.05, 3.63) is 34.2 Å². The molecule has 0 fully saturated rings. The molecule has 96 valence electrons. The lowest BCUT2D eigenvalue weighted by Gasteiger charge is -2.05. The molecule has 0 aliphatic carbocycles. The number of hydrogen-bond acceptors (Lipinski definition) is 4. The van der Waals surface area contributed by atoms with E-state index in [-0.39, 0.29) is 5.56 Å². The van der Waals surface area contributed by atoms with E-state index in [0.717, 1.165) is 44.8 Å². The summed E-state index contributed by atoms with van der Waals surface area (Å²) in [6, 6.07) is 3.52. The minimum atomic E-state index is -0.0504. The molecule has 0 aromatic carbocycles. The molecule has 1 heterocycles. The van der Waals surface area contributed by atoms with Crippen LogP contribution in [0.15, 0.2) is 23.1 Å². The van der Waals surface area contributed by atoms with E-state index in [1.165, 1.54) is 0 Å². The maximum absolute atomic E-state index is 11.0. The molecule has 3 N–H and O–H groups in total. The van der Waals surface area contributed by atoms with Gasteiger partial charge in [-0.25, -0.2) is 0 Å². The van der Waals surface area contributed by atoms with Crippen LogP contribution in [0.25, 0.3) is 0 Å². The molecule has 0 saturated heterocycles. The number of aromatic nitrogens is 1. The summed E-state index contributed by atoms with van der Waals surface area (Å²) in [5.41, 5.74) is 0.964. The Kier molecular flexibility index (Phi) is 7.29. The predicted octanol–water partition coefficient (Wildman–Crippen LogP) is 0.0906. The smallest absolute Gasteiger partial charge is 0.248 e. The maximum atomic E-state index is 11.0. The van der Waals surface area contributed by atoms with Crippen LogP contribution in [-0.4, -0.2) is 38.3 Å². The lowest BCUT2D eigenvalue weighted by Crippen LogP contribution is -2.24. The van der Waals surface area contributed by atoms with E-state index >= 15 is 0 Å². The first kappa shape index (κ1) is 13.9. The van der Waals surface area contributed by atoms with Crippen molar-refractivity contribution >= 4 is 0 Å². The normalized spacial score (nSPS) is 10.6. The van der Waals surface area contributed by atoms with Gasteiger partial charge in [0.05, 0.1) is 6.61 Å². The molecule has 0 bridgehead atoms. The van der Waals surface area contributed by atoms with Crippen molar-refractivity contribution in [2.45, 2.75) is 13.0 Å². The molecular formula is C12H21N3O2. The SMILES string of the molecule is COCCNCCCNCc1cc[nH]c(=O)c1. The molecule has 0 aliphatic rings. The standard InChI is InChI=1S/C12H21N3O2/c1-17-8-7-13-4-2-5-14-10-11-3-6-15-12(16)9-11/h3,6,9,13-14H,2,4-5,7-8,10H2,1H3,(H,15,16). The third-order valence-electron chi connectivity index (χ3n) is 2.36. The van der Waals surface area contributed by atoms with Crippen molar-refractivity contribution in [3.8, 4) is 0 Å². The van der Waals surface area contributed by atoms with Gasteiger partial charge in [-0.15, -0.1) is 0 Å². The van der Waals surface area contributed by atoms with Gasteiger partial charge in [-0.05, 0) is 31.1 Å². The molecule has 5 nitrogen and oxygen atoms in total. The highest BCUT2D eigenvalue weighted by molar-refractivity contribution is 5.09. The van der Waals surface area contributed by atoms with E-state index in [2.05, 4.69) is 15.6 Å². The molecule has 0 spiro atoms. The van der Waals surface area contributed by atoms with Crippen LogP contribution in [0.1, 0.15) is 12.0 Å². The van der Waals surface area contributed by atoms with Crippen LogP contribution < -0.4 is 16.2 Å². The summed E-state index contributed by atoms with van der Waals surface area (Å²) in [5, 5.41) is 6.57. The van der Waals surface area contributed by atoms with Crippen molar-refractivity contribution in [1.82, 2.24) is 15.6 Å². The Bertz CT molecular complexity index is 352. The van der Waals surface area contributed by atoms with E-state index < -0.39 is 0 Å². The maximum Gasteiger partial charge on any atom is 0.248 e. The zero-order valence-corrected chi connectivity index (χ0v) is 10.3. The topological polar surface area (TPSA) is 66.2 Å². The second-order valence-electron chi connectivity index (χ2n) is 3.83. The van der Waals surface area contributed by atoms with Gasteiger partial charge in [0.2, 0.25) is 5.56 Å². The summed E-state index contributed by atoms with van der Waals surface area (Å²) in [7, 11) is 1.70. The Hall–Kier alpha value is -1.17. The molecule has 0 amide bonds. The first-order valence-electron chi connectivity index (χ1n) is 5.91. The van der Waals surface area contributed by atoms with E-state index in [9.17, 15) is 4.79 Å². The van der Waals surface area contributed by atoms with E-state index in [4.69, 9.17) is 4.74 Å². The summed E-state index contributed by atoms with van der Waals surface area (Å²) in [5.74, 6) is 0. The molecule has 0 saturated carbocycles. The summed E-state index contributed by atoms with van der Waals surface area (Å²) < 4.78 is 4.93. The molecule has 5 heteroatoms. The summed E-state index contributed by atoms with van der Waals surface area (Å²) in [6.07, 6.45) is 2.73. The van der Waals surface area contributed by atoms with Gasteiger partial charge < -0.3 is 20.4 Å². The molecule has 17 heavy (non-hydrogen) atoms. The second kappa shape index (κ2) is 8.92. The third kappa shape index (κ3) is 6.88. The van der Waals surface area contributed by atoms with Crippen LogP contribution in [0.5, 0.6) is 0 Å². The van der Waals surface area contributed by atoms with E-state index in [0.29, 0.717) is 0 Å². The van der Waals surface area contributed by atoms with Crippen LogP contribution in [0.2, 0.25) is 0 Å². The average molecular weight is 239 g/mol. The van der Waals surface area contributed by atoms with Gasteiger partial charge in [0.1, 0.15) is 0 Å². The Labute approximate surface area is 102 Å². The van der Waals surface area contributed by atoms with Gasteiger partial charge in [-0.3, -0.25) is 4.79 Å². The molecule has 1 aromatic heterocycles. The lowest BCUT2D eigenvalue weighted by molar-refractivity contribution is 0.199. The van der Waals surface area contributed by atoms with Crippen molar-refractivity contribution in [1.29, 1.82) is 0 Å². The zero-order chi connectivity index (χ0) is 12.3. The Balaban J connectivity index is 1.99. The fourth-order valence-electron chi connectivity index (χ4n) is 1.47. The number of H-pyrrole nitrogens is 1. The number of nitrogens with one attached hydrogen (secondary N) is 3. The van der Waals surface area contributed by atoms with Crippen molar-refractivity contribution in [3.63, 3.8) is 0 Å². The van der Waals surface area contributed by atoms with Gasteiger partial charge in [0.15, 0.2) is 0 Å². The zero-order valence-electron chi connectivity index (χ0n) is 10.3. The minimum absolute atomic E-state index is 0.0504. The van der Waals surface area contributed by atoms with Crippen molar-refractivity contribution < 1.29 is 4.74 Å². The summed E-state index contributed by atoms with van der Waals surface area (Å²) in [4.78, 5) is 13.6. The third-order valence-corrected chi connectivity index (χ3v) is 2.36. The quantitative estimate of drug-likeness (QED) is 0.534. The highest BCUT2D eigenvalue weighted by Crippen LogP contribution is 1.91. The van der Waals surface area contributed by atoms with E-state index in [1.807, 2.05) is 6.07 Å². The van der Waals surface area contributed by atoms with Crippen LogP contribution in [-0.2, 0) is 11.3 Å². The minimum Gasteiger partial charge on any atom is -0.383 e. The lowest BCUT2D eigenvalue weighted by atomic mass is 10.2. The number of hydrogen-bond donors (Lipinski definition) is 3. The molecule has 1 rings (SSSR count). The highest BCUT2D eigenvalue weighted by Gasteiger charge is 1.93. The van der Waals surface area contributed by atoms with Crippen LogP contribution in [0.4, 0.5) is 0 Å². The summed E-state index contributed by atoms with van der Waals surface area (Å²) >= 11 is 0. The van der Waals surface area contributed by atoms with Gasteiger partial charge in [-0.2, -0.15) is 0 Å². The number of pyridine rings is 1. The van der Waals surface area contributed by atoms with Gasteiger partial charge in [0.25, 0.3) is 0 Å².